The second-order valence-electron chi connectivity index (χ2n) is 3.87. The minimum absolute atomic E-state index is 0.227. The number of amides is 3. The van der Waals surface area contributed by atoms with Crippen molar-refractivity contribution >= 4 is 29.2 Å². The normalized spacial score (nSPS) is 10.0. The number of nitrogens with one attached hydrogen (secondary N) is 2. The number of hydrogen-bond acceptors (Lipinski definition) is 3. The molecule has 1 heterocycles. The van der Waals surface area contributed by atoms with Crippen molar-refractivity contribution in [3.63, 3.8) is 0 Å². The summed E-state index contributed by atoms with van der Waals surface area (Å²) in [5, 5.41) is 4.31. The van der Waals surface area contributed by atoms with E-state index in [0.29, 0.717) is 0 Å². The summed E-state index contributed by atoms with van der Waals surface area (Å²) in [6.45, 7) is 0. The Morgan fingerprint density at radius 1 is 1.10 bits per heavy atom. The number of aromatic nitrogens is 1. The smallest absolute Gasteiger partial charge is 0.306 e. The van der Waals surface area contributed by atoms with Crippen molar-refractivity contribution in [3.8, 4) is 0 Å². The molecule has 0 saturated carbocycles. The number of rotatable bonds is 2. The van der Waals surface area contributed by atoms with Crippen LogP contribution in [0.25, 0.3) is 0 Å². The fourth-order valence-electron chi connectivity index (χ4n) is 1.49. The summed E-state index contributed by atoms with van der Waals surface area (Å²) in [4.78, 5) is 26.9. The first-order valence-electron chi connectivity index (χ1n) is 5.65. The second-order valence-corrected chi connectivity index (χ2v) is 4.26. The lowest BCUT2D eigenvalue weighted by molar-refractivity contribution is 0.0959. The van der Waals surface area contributed by atoms with Crippen molar-refractivity contribution in [2.24, 2.45) is 0 Å². The second kappa shape index (κ2) is 6.27. The van der Waals surface area contributed by atoms with Crippen LogP contribution in [0.2, 0.25) is 5.15 Å². The highest BCUT2D eigenvalue weighted by Crippen LogP contribution is 2.12. The van der Waals surface area contributed by atoms with Gasteiger partial charge in [0, 0.05) is 0 Å². The van der Waals surface area contributed by atoms with Crippen molar-refractivity contribution in [3.05, 3.63) is 58.9 Å². The fraction of sp³-hybridized carbons (Fsp3) is 0. The zero-order valence-corrected chi connectivity index (χ0v) is 11.1. The molecule has 0 saturated heterocycles. The summed E-state index contributed by atoms with van der Waals surface area (Å²) in [5.74, 6) is -3.31. The molecule has 0 spiro atoms. The van der Waals surface area contributed by atoms with E-state index in [1.54, 1.807) is 0 Å². The van der Waals surface area contributed by atoms with E-state index in [0.717, 1.165) is 18.2 Å². The van der Waals surface area contributed by atoms with E-state index in [1.807, 2.05) is 5.32 Å². The van der Waals surface area contributed by atoms with E-state index in [1.165, 1.54) is 18.3 Å². The van der Waals surface area contributed by atoms with Crippen LogP contribution in [0.3, 0.4) is 0 Å². The Kier molecular flexibility index (Phi) is 4.44. The summed E-state index contributed by atoms with van der Waals surface area (Å²) < 4.78 is 26.7. The quantitative estimate of drug-likeness (QED) is 0.838. The Labute approximate surface area is 122 Å². The molecule has 0 fully saturated rings. The molecule has 2 N–H and O–H groups in total. The highest BCUT2D eigenvalue weighted by atomic mass is 35.5. The van der Waals surface area contributed by atoms with E-state index in [-0.39, 0.29) is 10.8 Å². The molecule has 0 unspecified atom stereocenters. The van der Waals surface area contributed by atoms with Gasteiger partial charge in [0.25, 0.3) is 5.91 Å². The average molecular weight is 312 g/mol. The molecule has 8 heteroatoms. The lowest BCUT2D eigenvalue weighted by Crippen LogP contribution is -2.35. The molecule has 108 valence electrons. The van der Waals surface area contributed by atoms with E-state index >= 15 is 0 Å². The van der Waals surface area contributed by atoms with Gasteiger partial charge >= 0.3 is 6.03 Å². The largest absolute Gasteiger partial charge is 0.326 e. The number of pyridine rings is 1. The number of carbonyl (C=O) groups excluding carboxylic acids is 2. The van der Waals surface area contributed by atoms with Crippen LogP contribution in [0.15, 0.2) is 36.5 Å². The van der Waals surface area contributed by atoms with E-state index < -0.39 is 29.1 Å². The van der Waals surface area contributed by atoms with Crippen LogP contribution in [0.1, 0.15) is 10.4 Å². The van der Waals surface area contributed by atoms with Gasteiger partial charge in [-0.25, -0.2) is 18.6 Å². The number of nitrogens with zero attached hydrogens (tertiary/aromatic N) is 1. The Morgan fingerprint density at radius 2 is 1.76 bits per heavy atom. The third kappa shape index (κ3) is 3.73. The molecule has 0 bridgehead atoms. The maximum absolute atomic E-state index is 13.4. The lowest BCUT2D eigenvalue weighted by atomic mass is 10.2. The fourth-order valence-corrected chi connectivity index (χ4v) is 1.60. The molecule has 1 aromatic carbocycles. The van der Waals surface area contributed by atoms with Gasteiger partial charge in [-0.1, -0.05) is 17.7 Å². The number of hydrogen-bond donors (Lipinski definition) is 2. The van der Waals surface area contributed by atoms with Crippen molar-refractivity contribution < 1.29 is 18.4 Å². The van der Waals surface area contributed by atoms with Gasteiger partial charge in [-0.3, -0.25) is 10.1 Å². The summed E-state index contributed by atoms with van der Waals surface area (Å²) in [6.07, 6.45) is 1.26. The van der Waals surface area contributed by atoms with Gasteiger partial charge in [0.15, 0.2) is 0 Å². The number of benzene rings is 1. The van der Waals surface area contributed by atoms with Crippen molar-refractivity contribution in [2.75, 3.05) is 5.32 Å². The summed E-state index contributed by atoms with van der Waals surface area (Å²) >= 11 is 5.57. The topological polar surface area (TPSA) is 71.1 Å². The van der Waals surface area contributed by atoms with Crippen molar-refractivity contribution in [1.29, 1.82) is 0 Å². The highest BCUT2D eigenvalue weighted by Gasteiger charge is 2.19. The van der Waals surface area contributed by atoms with E-state index in [2.05, 4.69) is 10.3 Å². The number of urea groups is 1. The first-order chi connectivity index (χ1) is 9.97. The molecule has 0 aliphatic rings. The first kappa shape index (κ1) is 14.9. The predicted molar refractivity (Wildman–Crippen MR) is 72.1 cm³/mol. The Hall–Kier alpha value is -2.54. The van der Waals surface area contributed by atoms with Gasteiger partial charge in [-0.15, -0.1) is 0 Å². The Morgan fingerprint density at radius 3 is 2.33 bits per heavy atom. The van der Waals surface area contributed by atoms with Crippen LogP contribution < -0.4 is 10.6 Å². The third-order valence-electron chi connectivity index (χ3n) is 2.40. The number of anilines is 1. The van der Waals surface area contributed by atoms with Crippen molar-refractivity contribution in [1.82, 2.24) is 10.3 Å². The monoisotopic (exact) mass is 311 g/mol. The van der Waals surface area contributed by atoms with Crippen LogP contribution >= 0.6 is 11.6 Å². The highest BCUT2D eigenvalue weighted by molar-refractivity contribution is 6.29. The van der Waals surface area contributed by atoms with Gasteiger partial charge in [-0.2, -0.15) is 0 Å². The lowest BCUT2D eigenvalue weighted by Gasteiger charge is -2.07. The molecule has 5 nitrogen and oxygen atoms in total. The molecule has 1 aromatic heterocycles. The zero-order valence-electron chi connectivity index (χ0n) is 10.4. The molecule has 0 atom stereocenters. The minimum atomic E-state index is -1.19. The van der Waals surface area contributed by atoms with Gasteiger partial charge in [0.05, 0.1) is 11.9 Å². The predicted octanol–water partition coefficient (Wildman–Crippen LogP) is 2.98. The number of imide groups is 1. The SMILES string of the molecule is O=C(NC(=O)c1c(F)cccc1F)Nc1ccc(Cl)nc1. The van der Waals surface area contributed by atoms with Gasteiger partial charge in [-0.05, 0) is 24.3 Å². The zero-order chi connectivity index (χ0) is 15.4. The van der Waals surface area contributed by atoms with Crippen LogP contribution in [0.4, 0.5) is 19.3 Å². The Balaban J connectivity index is 2.06. The third-order valence-corrected chi connectivity index (χ3v) is 2.63. The van der Waals surface area contributed by atoms with Gasteiger partial charge < -0.3 is 5.32 Å². The van der Waals surface area contributed by atoms with Crippen LogP contribution in [-0.2, 0) is 0 Å². The molecule has 2 aromatic rings. The molecular formula is C13H8ClF2N3O2. The van der Waals surface area contributed by atoms with Crippen LogP contribution in [-0.4, -0.2) is 16.9 Å². The molecular weight excluding hydrogens is 304 g/mol. The number of halogens is 3. The standard InChI is InChI=1S/C13H8ClF2N3O2/c14-10-5-4-7(6-17-10)18-13(21)19-12(20)11-8(15)2-1-3-9(11)16/h1-6H,(H2,18,19,20,21). The van der Waals surface area contributed by atoms with Crippen LogP contribution in [0.5, 0.6) is 0 Å². The van der Waals surface area contributed by atoms with Gasteiger partial charge in [0.1, 0.15) is 22.4 Å². The van der Waals surface area contributed by atoms with Crippen molar-refractivity contribution in [2.45, 2.75) is 0 Å². The van der Waals surface area contributed by atoms with E-state index in [4.69, 9.17) is 11.6 Å². The Bertz CT molecular complexity index is 672. The summed E-state index contributed by atoms with van der Waals surface area (Å²) in [5.41, 5.74) is -0.569. The van der Waals surface area contributed by atoms with Crippen LogP contribution in [0, 0.1) is 11.6 Å². The molecule has 0 aliphatic carbocycles. The maximum atomic E-state index is 13.4. The average Bonchev–Trinajstić information content (AvgIpc) is 2.41. The molecule has 0 radical (unpaired) electrons. The van der Waals surface area contributed by atoms with Gasteiger partial charge in [0.2, 0.25) is 0 Å². The first-order valence-corrected chi connectivity index (χ1v) is 6.03. The summed E-state index contributed by atoms with van der Waals surface area (Å²) in [6, 6.07) is 4.86. The number of carbonyl (C=O) groups is 2. The molecule has 21 heavy (non-hydrogen) atoms. The molecule has 3 amide bonds. The molecule has 2 rings (SSSR count). The minimum Gasteiger partial charge on any atom is -0.306 e. The summed E-state index contributed by atoms with van der Waals surface area (Å²) in [7, 11) is 0. The molecule has 0 aliphatic heterocycles. The van der Waals surface area contributed by atoms with E-state index in [9.17, 15) is 18.4 Å². The maximum Gasteiger partial charge on any atom is 0.326 e.